The summed E-state index contributed by atoms with van der Waals surface area (Å²) in [6.45, 7) is 4.01. The van der Waals surface area contributed by atoms with Crippen molar-refractivity contribution < 1.29 is 14.7 Å². The Hall–Kier alpha value is -2.47. The Kier molecular flexibility index (Phi) is 4.15. The summed E-state index contributed by atoms with van der Waals surface area (Å²) in [5.41, 5.74) is 3.04. The Morgan fingerprint density at radius 2 is 1.77 bits per heavy atom. The molecule has 5 nitrogen and oxygen atoms in total. The van der Waals surface area contributed by atoms with Gasteiger partial charge in [-0.3, -0.25) is 9.59 Å². The molecular formula is C20H20N2O3S. The molecule has 1 fully saturated rings. The van der Waals surface area contributed by atoms with Gasteiger partial charge in [0.1, 0.15) is 0 Å². The van der Waals surface area contributed by atoms with E-state index < -0.39 is 17.8 Å². The first kappa shape index (κ1) is 17.0. The van der Waals surface area contributed by atoms with Gasteiger partial charge >= 0.3 is 5.97 Å². The number of anilines is 1. The number of benzene rings is 1. The lowest BCUT2D eigenvalue weighted by molar-refractivity contribution is -0.146. The molecule has 1 heterocycles. The number of amides is 1. The second-order valence-electron chi connectivity index (χ2n) is 7.12. The molecule has 1 aromatic heterocycles. The molecule has 2 bridgehead atoms. The van der Waals surface area contributed by atoms with Crippen molar-refractivity contribution in [3.8, 4) is 11.3 Å². The molecule has 1 aromatic carbocycles. The van der Waals surface area contributed by atoms with Crippen LogP contribution in [0.2, 0.25) is 0 Å². The average Bonchev–Trinajstić information content (AvgIpc) is 3.29. The van der Waals surface area contributed by atoms with Gasteiger partial charge in [0.05, 0.1) is 17.5 Å². The van der Waals surface area contributed by atoms with Gasteiger partial charge < -0.3 is 10.4 Å². The number of hydrogen-bond donors (Lipinski definition) is 2. The number of carbonyl (C=O) groups excluding carboxylic acids is 1. The van der Waals surface area contributed by atoms with Crippen molar-refractivity contribution >= 4 is 28.3 Å². The first-order valence-corrected chi connectivity index (χ1v) is 9.52. The SMILES string of the molecule is Cc1ccc(-c2nc(NC(=O)[C@H]3[C@@H](C(=O)O)[C@H]4C=C[C@@H]3C4)sc2C)cc1. The van der Waals surface area contributed by atoms with Gasteiger partial charge in [-0.2, -0.15) is 0 Å². The third-order valence-corrected chi connectivity index (χ3v) is 6.29. The average molecular weight is 368 g/mol. The highest BCUT2D eigenvalue weighted by Gasteiger charge is 2.51. The van der Waals surface area contributed by atoms with E-state index in [1.807, 2.05) is 50.3 Å². The molecule has 4 atom stereocenters. The summed E-state index contributed by atoms with van der Waals surface area (Å²) in [5.74, 6) is -2.30. The van der Waals surface area contributed by atoms with Crippen molar-refractivity contribution in [1.82, 2.24) is 4.98 Å². The van der Waals surface area contributed by atoms with Gasteiger partial charge in [-0.25, -0.2) is 4.98 Å². The van der Waals surface area contributed by atoms with E-state index in [-0.39, 0.29) is 17.7 Å². The molecule has 1 saturated carbocycles. The summed E-state index contributed by atoms with van der Waals surface area (Å²) in [6, 6.07) is 8.10. The largest absolute Gasteiger partial charge is 0.481 e. The van der Waals surface area contributed by atoms with Crippen LogP contribution in [0.1, 0.15) is 16.9 Å². The zero-order chi connectivity index (χ0) is 18.4. The van der Waals surface area contributed by atoms with Gasteiger partial charge in [0.15, 0.2) is 5.13 Å². The molecule has 26 heavy (non-hydrogen) atoms. The molecule has 134 valence electrons. The maximum Gasteiger partial charge on any atom is 0.307 e. The van der Waals surface area contributed by atoms with E-state index >= 15 is 0 Å². The van der Waals surface area contributed by atoms with Crippen molar-refractivity contribution in [1.29, 1.82) is 0 Å². The molecular weight excluding hydrogens is 348 g/mol. The molecule has 6 heteroatoms. The smallest absolute Gasteiger partial charge is 0.307 e. The zero-order valence-electron chi connectivity index (χ0n) is 14.6. The van der Waals surface area contributed by atoms with Gasteiger partial charge in [-0.05, 0) is 32.1 Å². The fraction of sp³-hybridized carbons (Fsp3) is 0.350. The Balaban J connectivity index is 1.55. The first-order valence-electron chi connectivity index (χ1n) is 8.70. The number of aliphatic carboxylic acids is 1. The van der Waals surface area contributed by atoms with Crippen LogP contribution in [0.3, 0.4) is 0 Å². The molecule has 2 aliphatic rings. The molecule has 0 saturated heterocycles. The molecule has 2 aliphatic carbocycles. The highest BCUT2D eigenvalue weighted by atomic mass is 32.1. The lowest BCUT2D eigenvalue weighted by Gasteiger charge is -2.23. The zero-order valence-corrected chi connectivity index (χ0v) is 15.4. The van der Waals surface area contributed by atoms with Crippen molar-refractivity contribution in [3.63, 3.8) is 0 Å². The molecule has 0 spiro atoms. The Bertz CT molecular complexity index is 900. The van der Waals surface area contributed by atoms with Crippen LogP contribution < -0.4 is 5.32 Å². The Labute approximate surface area is 155 Å². The van der Waals surface area contributed by atoms with Crippen LogP contribution in [-0.2, 0) is 9.59 Å². The maximum atomic E-state index is 12.8. The summed E-state index contributed by atoms with van der Waals surface area (Å²) < 4.78 is 0. The van der Waals surface area contributed by atoms with Crippen LogP contribution in [0.5, 0.6) is 0 Å². The monoisotopic (exact) mass is 368 g/mol. The summed E-state index contributed by atoms with van der Waals surface area (Å²) in [4.78, 5) is 30.0. The number of nitrogens with zero attached hydrogens (tertiary/aromatic N) is 1. The number of hydrogen-bond acceptors (Lipinski definition) is 4. The fourth-order valence-electron chi connectivity index (χ4n) is 4.13. The predicted molar refractivity (Wildman–Crippen MR) is 101 cm³/mol. The van der Waals surface area contributed by atoms with Crippen LogP contribution in [0.25, 0.3) is 11.3 Å². The number of carbonyl (C=O) groups is 2. The van der Waals surface area contributed by atoms with Gasteiger partial charge in [-0.1, -0.05) is 42.0 Å². The first-order chi connectivity index (χ1) is 12.4. The van der Waals surface area contributed by atoms with Crippen LogP contribution in [-0.4, -0.2) is 22.0 Å². The predicted octanol–water partition coefficient (Wildman–Crippen LogP) is 3.89. The van der Waals surface area contributed by atoms with Crippen molar-refractivity contribution in [2.24, 2.45) is 23.7 Å². The van der Waals surface area contributed by atoms with Crippen molar-refractivity contribution in [3.05, 3.63) is 46.9 Å². The van der Waals surface area contributed by atoms with Gasteiger partial charge in [0, 0.05) is 10.4 Å². The quantitative estimate of drug-likeness (QED) is 0.803. The normalized spacial score (nSPS) is 26.2. The standard InChI is InChI=1S/C20H20N2O3S/c1-10-3-5-12(6-4-10)17-11(2)26-20(21-17)22-18(23)15-13-7-8-14(9-13)16(15)19(24)25/h3-8,13-16H,9H2,1-2H3,(H,24,25)(H,21,22,23)/t13-,14+,15-,16+/m1/s1. The highest BCUT2D eigenvalue weighted by Crippen LogP contribution is 2.48. The summed E-state index contributed by atoms with van der Waals surface area (Å²) in [6.07, 6.45) is 4.68. The molecule has 0 unspecified atom stereocenters. The summed E-state index contributed by atoms with van der Waals surface area (Å²) in [5, 5.41) is 12.9. The lowest BCUT2D eigenvalue weighted by atomic mass is 9.82. The molecule has 2 aromatic rings. The van der Waals surface area contributed by atoms with Crippen LogP contribution in [0.4, 0.5) is 5.13 Å². The number of allylic oxidation sites excluding steroid dienone is 2. The minimum Gasteiger partial charge on any atom is -0.481 e. The fourth-order valence-corrected chi connectivity index (χ4v) is 4.97. The number of thiazole rings is 1. The van der Waals surface area contributed by atoms with Crippen LogP contribution in [0.15, 0.2) is 36.4 Å². The second kappa shape index (κ2) is 6.36. The number of rotatable bonds is 4. The number of aryl methyl sites for hydroxylation is 2. The molecule has 2 N–H and O–H groups in total. The topological polar surface area (TPSA) is 79.3 Å². The molecule has 4 rings (SSSR count). The third-order valence-electron chi connectivity index (χ3n) is 5.40. The van der Waals surface area contributed by atoms with E-state index in [1.54, 1.807) is 0 Å². The van der Waals surface area contributed by atoms with Crippen molar-refractivity contribution in [2.75, 3.05) is 5.32 Å². The minimum absolute atomic E-state index is 0.0127. The van der Waals surface area contributed by atoms with E-state index in [4.69, 9.17) is 0 Å². The highest BCUT2D eigenvalue weighted by molar-refractivity contribution is 7.16. The summed E-state index contributed by atoms with van der Waals surface area (Å²) in [7, 11) is 0. The number of carboxylic acids is 1. The molecule has 0 radical (unpaired) electrons. The number of nitrogens with one attached hydrogen (secondary N) is 1. The van der Waals surface area contributed by atoms with E-state index in [9.17, 15) is 14.7 Å². The van der Waals surface area contributed by atoms with E-state index in [0.29, 0.717) is 5.13 Å². The van der Waals surface area contributed by atoms with Crippen LogP contribution in [0, 0.1) is 37.5 Å². The van der Waals surface area contributed by atoms with Gasteiger partial charge in [-0.15, -0.1) is 11.3 Å². The number of aromatic nitrogens is 1. The lowest BCUT2D eigenvalue weighted by Crippen LogP contribution is -2.36. The van der Waals surface area contributed by atoms with E-state index in [1.165, 1.54) is 16.9 Å². The van der Waals surface area contributed by atoms with Gasteiger partial charge in [0.2, 0.25) is 5.91 Å². The Morgan fingerprint density at radius 1 is 1.12 bits per heavy atom. The maximum absolute atomic E-state index is 12.8. The number of carboxylic acid groups (broad SMARTS) is 1. The summed E-state index contributed by atoms with van der Waals surface area (Å²) >= 11 is 1.42. The minimum atomic E-state index is -0.891. The van der Waals surface area contributed by atoms with E-state index in [0.717, 1.165) is 22.6 Å². The Morgan fingerprint density at radius 3 is 2.42 bits per heavy atom. The third kappa shape index (κ3) is 2.84. The van der Waals surface area contributed by atoms with E-state index in [2.05, 4.69) is 10.3 Å². The molecule has 0 aliphatic heterocycles. The van der Waals surface area contributed by atoms with Crippen molar-refractivity contribution in [2.45, 2.75) is 20.3 Å². The second-order valence-corrected chi connectivity index (χ2v) is 8.32. The van der Waals surface area contributed by atoms with Gasteiger partial charge in [0.25, 0.3) is 0 Å². The molecule has 1 amide bonds. The number of fused-ring (bicyclic) bond motifs is 2. The van der Waals surface area contributed by atoms with Crippen LogP contribution >= 0.6 is 11.3 Å².